The van der Waals surface area contributed by atoms with E-state index in [0.717, 1.165) is 16.8 Å². The van der Waals surface area contributed by atoms with Gasteiger partial charge in [-0.15, -0.1) is 0 Å². The predicted molar refractivity (Wildman–Crippen MR) is 120 cm³/mol. The van der Waals surface area contributed by atoms with Gasteiger partial charge < -0.3 is 19.1 Å². The highest BCUT2D eigenvalue weighted by molar-refractivity contribution is 6.00. The van der Waals surface area contributed by atoms with Gasteiger partial charge >= 0.3 is 0 Å². The molecule has 31 heavy (non-hydrogen) atoms. The maximum absolute atomic E-state index is 13.5. The number of carbonyl (C=O) groups is 1. The van der Waals surface area contributed by atoms with Crippen LogP contribution in [0.15, 0.2) is 54.7 Å². The van der Waals surface area contributed by atoms with E-state index < -0.39 is 0 Å². The van der Waals surface area contributed by atoms with E-state index in [1.807, 2.05) is 55.5 Å². The normalized spacial score (nSPS) is 10.8. The van der Waals surface area contributed by atoms with Crippen LogP contribution in [0.1, 0.15) is 15.9 Å². The summed E-state index contributed by atoms with van der Waals surface area (Å²) in [5.74, 6) is 0.585. The fraction of sp³-hybridized carbons (Fsp3) is 0.333. The van der Waals surface area contributed by atoms with E-state index in [9.17, 15) is 4.79 Å². The molecule has 0 aliphatic heterocycles. The van der Waals surface area contributed by atoms with Crippen LogP contribution in [-0.4, -0.2) is 68.2 Å². The van der Waals surface area contributed by atoms with Crippen molar-refractivity contribution in [1.29, 1.82) is 0 Å². The predicted octanol–water partition coefficient (Wildman–Crippen LogP) is 3.59. The molecular formula is C24H29N3O4. The third-order valence-electron chi connectivity index (χ3n) is 5.00. The summed E-state index contributed by atoms with van der Waals surface area (Å²) in [7, 11) is 4.86. The van der Waals surface area contributed by atoms with Crippen LogP contribution < -0.4 is 4.74 Å². The molecule has 0 atom stereocenters. The SMILES string of the molecule is COCCN(CCOC)C(=O)c1cn(-c2ccc(C)cc2)nc1-c1cccc(OC)c1. The van der Waals surface area contributed by atoms with Crippen molar-refractivity contribution in [2.24, 2.45) is 0 Å². The lowest BCUT2D eigenvalue weighted by molar-refractivity contribution is 0.0628. The van der Waals surface area contributed by atoms with E-state index >= 15 is 0 Å². The minimum Gasteiger partial charge on any atom is -0.497 e. The topological polar surface area (TPSA) is 65.8 Å². The molecule has 0 bridgehead atoms. The van der Waals surface area contributed by atoms with Crippen molar-refractivity contribution in [1.82, 2.24) is 14.7 Å². The summed E-state index contributed by atoms with van der Waals surface area (Å²) in [5.41, 5.74) is 3.97. The zero-order valence-corrected chi connectivity index (χ0v) is 18.5. The van der Waals surface area contributed by atoms with Crippen molar-refractivity contribution >= 4 is 5.91 Å². The zero-order valence-electron chi connectivity index (χ0n) is 18.5. The molecular weight excluding hydrogens is 394 g/mol. The van der Waals surface area contributed by atoms with Gasteiger partial charge in [-0.1, -0.05) is 29.8 Å². The van der Waals surface area contributed by atoms with Gasteiger partial charge in [0.15, 0.2) is 0 Å². The van der Waals surface area contributed by atoms with Crippen molar-refractivity contribution < 1.29 is 19.0 Å². The minimum atomic E-state index is -0.120. The van der Waals surface area contributed by atoms with Crippen LogP contribution in [0.4, 0.5) is 0 Å². The number of hydrogen-bond acceptors (Lipinski definition) is 5. The van der Waals surface area contributed by atoms with Gasteiger partial charge in [0.1, 0.15) is 11.4 Å². The number of aromatic nitrogens is 2. The third-order valence-corrected chi connectivity index (χ3v) is 5.00. The first-order valence-corrected chi connectivity index (χ1v) is 10.2. The summed E-state index contributed by atoms with van der Waals surface area (Å²) in [4.78, 5) is 15.3. The van der Waals surface area contributed by atoms with Gasteiger partial charge in [-0.3, -0.25) is 4.79 Å². The minimum absolute atomic E-state index is 0.120. The number of amides is 1. The molecule has 1 heterocycles. The van der Waals surface area contributed by atoms with Crippen LogP contribution in [-0.2, 0) is 9.47 Å². The molecule has 2 aromatic carbocycles. The average Bonchev–Trinajstić information content (AvgIpc) is 3.25. The number of rotatable bonds is 10. The van der Waals surface area contributed by atoms with E-state index in [2.05, 4.69) is 0 Å². The number of ether oxygens (including phenoxy) is 3. The summed E-state index contributed by atoms with van der Waals surface area (Å²) in [6.07, 6.45) is 1.79. The summed E-state index contributed by atoms with van der Waals surface area (Å²) in [6, 6.07) is 15.6. The molecule has 0 aliphatic carbocycles. The smallest absolute Gasteiger partial charge is 0.257 e. The molecule has 7 nitrogen and oxygen atoms in total. The van der Waals surface area contributed by atoms with Gasteiger partial charge in [-0.05, 0) is 31.2 Å². The first kappa shape index (κ1) is 22.5. The number of carbonyl (C=O) groups excluding carboxylic acids is 1. The standard InChI is InChI=1S/C24H29N3O4/c1-18-8-10-20(11-9-18)27-17-22(24(28)26(12-14-29-2)13-15-30-3)23(25-27)19-6-5-7-21(16-19)31-4/h5-11,16-17H,12-15H2,1-4H3. The van der Waals surface area contributed by atoms with Crippen molar-refractivity contribution in [3.8, 4) is 22.7 Å². The second kappa shape index (κ2) is 10.7. The van der Waals surface area contributed by atoms with Crippen LogP contribution >= 0.6 is 0 Å². The van der Waals surface area contributed by atoms with Crippen LogP contribution in [0, 0.1) is 6.92 Å². The molecule has 1 amide bonds. The van der Waals surface area contributed by atoms with E-state index in [-0.39, 0.29) is 5.91 Å². The summed E-state index contributed by atoms with van der Waals surface area (Å²) in [6.45, 7) is 3.84. The molecule has 3 rings (SSSR count). The Labute approximate surface area is 183 Å². The molecule has 164 valence electrons. The highest BCUT2D eigenvalue weighted by Crippen LogP contribution is 2.28. The summed E-state index contributed by atoms with van der Waals surface area (Å²) < 4.78 is 17.5. The number of benzene rings is 2. The summed E-state index contributed by atoms with van der Waals surface area (Å²) >= 11 is 0. The Hall–Kier alpha value is -3.16. The Morgan fingerprint density at radius 2 is 1.68 bits per heavy atom. The van der Waals surface area contributed by atoms with Crippen molar-refractivity contribution in [2.45, 2.75) is 6.92 Å². The number of hydrogen-bond donors (Lipinski definition) is 0. The van der Waals surface area contributed by atoms with Gasteiger partial charge in [0.2, 0.25) is 0 Å². The highest BCUT2D eigenvalue weighted by atomic mass is 16.5. The lowest BCUT2D eigenvalue weighted by atomic mass is 10.1. The Kier molecular flexibility index (Phi) is 7.81. The number of nitrogens with zero attached hydrogens (tertiary/aromatic N) is 3. The molecule has 0 aliphatic rings. The molecule has 7 heteroatoms. The molecule has 0 saturated carbocycles. The number of methoxy groups -OCH3 is 3. The van der Waals surface area contributed by atoms with E-state index in [1.165, 1.54) is 0 Å². The molecule has 0 radical (unpaired) electrons. The molecule has 0 N–H and O–H groups in total. The van der Waals surface area contributed by atoms with E-state index in [0.29, 0.717) is 43.3 Å². The molecule has 0 saturated heterocycles. The molecule has 0 fully saturated rings. The largest absolute Gasteiger partial charge is 0.497 e. The maximum atomic E-state index is 13.5. The van der Waals surface area contributed by atoms with Gasteiger partial charge in [0.25, 0.3) is 5.91 Å². The van der Waals surface area contributed by atoms with Gasteiger partial charge in [-0.2, -0.15) is 5.10 Å². The lowest BCUT2D eigenvalue weighted by Crippen LogP contribution is -2.36. The molecule has 0 unspecified atom stereocenters. The molecule has 1 aromatic heterocycles. The van der Waals surface area contributed by atoms with Gasteiger partial charge in [-0.25, -0.2) is 4.68 Å². The number of aryl methyl sites for hydroxylation is 1. The molecule has 0 spiro atoms. The fourth-order valence-corrected chi connectivity index (χ4v) is 3.23. The van der Waals surface area contributed by atoms with Crippen LogP contribution in [0.2, 0.25) is 0 Å². The Morgan fingerprint density at radius 3 is 2.29 bits per heavy atom. The maximum Gasteiger partial charge on any atom is 0.257 e. The van der Waals surface area contributed by atoms with Crippen LogP contribution in [0.25, 0.3) is 16.9 Å². The first-order valence-electron chi connectivity index (χ1n) is 10.2. The van der Waals surface area contributed by atoms with Crippen molar-refractivity contribution in [2.75, 3.05) is 47.6 Å². The van der Waals surface area contributed by atoms with Crippen LogP contribution in [0.3, 0.4) is 0 Å². The van der Waals surface area contributed by atoms with Crippen molar-refractivity contribution in [3.05, 3.63) is 65.9 Å². The van der Waals surface area contributed by atoms with Crippen LogP contribution in [0.5, 0.6) is 5.75 Å². The Morgan fingerprint density at radius 1 is 1.00 bits per heavy atom. The highest BCUT2D eigenvalue weighted by Gasteiger charge is 2.23. The third kappa shape index (κ3) is 5.51. The average molecular weight is 424 g/mol. The lowest BCUT2D eigenvalue weighted by Gasteiger charge is -2.22. The summed E-state index contributed by atoms with van der Waals surface area (Å²) in [5, 5.41) is 4.77. The van der Waals surface area contributed by atoms with Crippen molar-refractivity contribution in [3.63, 3.8) is 0 Å². The van der Waals surface area contributed by atoms with E-state index in [4.69, 9.17) is 19.3 Å². The van der Waals surface area contributed by atoms with Gasteiger partial charge in [0.05, 0.1) is 31.6 Å². The van der Waals surface area contributed by atoms with Gasteiger partial charge in [0, 0.05) is 39.1 Å². The first-order chi connectivity index (χ1) is 15.1. The quantitative estimate of drug-likeness (QED) is 0.499. The molecule has 3 aromatic rings. The second-order valence-corrected chi connectivity index (χ2v) is 7.18. The second-order valence-electron chi connectivity index (χ2n) is 7.18. The monoisotopic (exact) mass is 423 g/mol. The van der Waals surface area contributed by atoms with E-state index in [1.54, 1.807) is 37.1 Å². The Bertz CT molecular complexity index is 990. The fourth-order valence-electron chi connectivity index (χ4n) is 3.23. The Balaban J connectivity index is 2.06. The zero-order chi connectivity index (χ0) is 22.2.